The maximum Gasteiger partial charge on any atom is 0.126 e. The van der Waals surface area contributed by atoms with E-state index < -0.39 is 0 Å². The van der Waals surface area contributed by atoms with E-state index in [1.54, 1.807) is 0 Å². The first-order chi connectivity index (χ1) is 7.40. The maximum absolute atomic E-state index is 4.51. The van der Waals surface area contributed by atoms with Crippen LogP contribution in [0.2, 0.25) is 0 Å². The summed E-state index contributed by atoms with van der Waals surface area (Å²) in [6.07, 6.45) is 0. The van der Waals surface area contributed by atoms with Crippen LogP contribution in [0, 0.1) is 0 Å². The van der Waals surface area contributed by atoms with E-state index in [0.717, 1.165) is 24.4 Å². The minimum atomic E-state index is 0.891. The summed E-state index contributed by atoms with van der Waals surface area (Å²) in [5, 5.41) is 7.53. The normalized spacial score (nSPS) is 10.5. The zero-order valence-electron chi connectivity index (χ0n) is 8.83. The molecule has 1 aromatic heterocycles. The van der Waals surface area contributed by atoms with Gasteiger partial charge in [0.05, 0.1) is 5.52 Å². The predicted molar refractivity (Wildman–Crippen MR) is 64.2 cm³/mol. The third kappa shape index (κ3) is 2.44. The molecule has 3 heteroatoms. The molecule has 1 aromatic carbocycles. The van der Waals surface area contributed by atoms with Crippen LogP contribution in [0.15, 0.2) is 36.4 Å². The van der Waals surface area contributed by atoms with Gasteiger partial charge in [-0.1, -0.05) is 18.2 Å². The van der Waals surface area contributed by atoms with Crippen molar-refractivity contribution in [1.82, 2.24) is 10.3 Å². The molecule has 0 unspecified atom stereocenters. The smallest absolute Gasteiger partial charge is 0.126 e. The summed E-state index contributed by atoms with van der Waals surface area (Å²) in [6.45, 7) is 1.83. The van der Waals surface area contributed by atoms with Crippen molar-refractivity contribution in [2.75, 3.05) is 25.5 Å². The van der Waals surface area contributed by atoms with Crippen molar-refractivity contribution in [3.63, 3.8) is 0 Å². The largest absolute Gasteiger partial charge is 0.369 e. The number of hydrogen-bond acceptors (Lipinski definition) is 3. The highest BCUT2D eigenvalue weighted by Crippen LogP contribution is 2.13. The number of fused-ring (bicyclic) bond motifs is 1. The number of pyridine rings is 1. The van der Waals surface area contributed by atoms with Crippen LogP contribution in [0.3, 0.4) is 0 Å². The van der Waals surface area contributed by atoms with Gasteiger partial charge in [0.25, 0.3) is 0 Å². The summed E-state index contributed by atoms with van der Waals surface area (Å²) in [6, 6.07) is 12.2. The van der Waals surface area contributed by atoms with Crippen molar-refractivity contribution in [1.29, 1.82) is 0 Å². The van der Waals surface area contributed by atoms with Gasteiger partial charge in [0.15, 0.2) is 0 Å². The van der Waals surface area contributed by atoms with Crippen LogP contribution in [0.4, 0.5) is 5.82 Å². The van der Waals surface area contributed by atoms with Crippen molar-refractivity contribution >= 4 is 16.7 Å². The van der Waals surface area contributed by atoms with E-state index in [9.17, 15) is 0 Å². The van der Waals surface area contributed by atoms with Gasteiger partial charge in [-0.2, -0.15) is 0 Å². The highest BCUT2D eigenvalue weighted by atomic mass is 15.0. The molecule has 0 saturated heterocycles. The Balaban J connectivity index is 2.16. The van der Waals surface area contributed by atoms with Gasteiger partial charge in [-0.15, -0.1) is 0 Å². The summed E-state index contributed by atoms with van der Waals surface area (Å²) < 4.78 is 0. The molecule has 78 valence electrons. The molecule has 0 spiro atoms. The number of nitrogens with zero attached hydrogens (tertiary/aromatic N) is 1. The first-order valence-electron chi connectivity index (χ1n) is 5.14. The third-order valence-electron chi connectivity index (χ3n) is 2.28. The standard InChI is InChI=1S/C12H15N3/c1-13-8-9-14-12-7-6-10-4-2-3-5-11(10)15-12/h2-7,13H,8-9H2,1H3,(H,14,15). The molecule has 0 aliphatic carbocycles. The lowest BCUT2D eigenvalue weighted by Crippen LogP contribution is -2.18. The van der Waals surface area contributed by atoms with E-state index in [-0.39, 0.29) is 0 Å². The molecule has 0 aliphatic heterocycles. The lowest BCUT2D eigenvalue weighted by atomic mass is 10.2. The average Bonchev–Trinajstić information content (AvgIpc) is 2.29. The zero-order valence-corrected chi connectivity index (χ0v) is 8.83. The highest BCUT2D eigenvalue weighted by Gasteiger charge is 1.95. The molecule has 2 N–H and O–H groups in total. The Kier molecular flexibility index (Phi) is 3.15. The third-order valence-corrected chi connectivity index (χ3v) is 2.28. The van der Waals surface area contributed by atoms with E-state index in [1.807, 2.05) is 31.3 Å². The fraction of sp³-hybridized carbons (Fsp3) is 0.250. The van der Waals surface area contributed by atoms with Crippen LogP contribution in [0.1, 0.15) is 0 Å². The fourth-order valence-electron chi connectivity index (χ4n) is 1.48. The van der Waals surface area contributed by atoms with Crippen molar-refractivity contribution in [2.45, 2.75) is 0 Å². The van der Waals surface area contributed by atoms with E-state index in [4.69, 9.17) is 0 Å². The van der Waals surface area contributed by atoms with E-state index >= 15 is 0 Å². The Morgan fingerprint density at radius 2 is 1.93 bits per heavy atom. The number of likely N-dealkylation sites (N-methyl/N-ethyl adjacent to an activating group) is 1. The van der Waals surface area contributed by atoms with Crippen LogP contribution in [0.5, 0.6) is 0 Å². The van der Waals surface area contributed by atoms with E-state index in [2.05, 4.69) is 27.8 Å². The Morgan fingerprint density at radius 1 is 1.07 bits per heavy atom. The van der Waals surface area contributed by atoms with Gasteiger partial charge < -0.3 is 10.6 Å². The quantitative estimate of drug-likeness (QED) is 0.741. The monoisotopic (exact) mass is 201 g/mol. The molecule has 0 atom stereocenters. The number of nitrogens with one attached hydrogen (secondary N) is 2. The Bertz CT molecular complexity index is 440. The Labute approximate surface area is 89.5 Å². The predicted octanol–water partition coefficient (Wildman–Crippen LogP) is 1.87. The SMILES string of the molecule is CNCCNc1ccc2ccccc2n1. The number of rotatable bonds is 4. The second-order valence-electron chi connectivity index (χ2n) is 3.42. The van der Waals surface area contributed by atoms with Gasteiger partial charge in [0, 0.05) is 18.5 Å². The molecule has 1 heterocycles. The molecule has 0 radical (unpaired) electrons. The van der Waals surface area contributed by atoms with Crippen molar-refractivity contribution in [3.05, 3.63) is 36.4 Å². The zero-order chi connectivity index (χ0) is 10.5. The lowest BCUT2D eigenvalue weighted by molar-refractivity contribution is 0.822. The molecule has 0 fully saturated rings. The summed E-state index contributed by atoms with van der Waals surface area (Å²) in [7, 11) is 1.94. The van der Waals surface area contributed by atoms with Gasteiger partial charge in [-0.3, -0.25) is 0 Å². The molecule has 0 aliphatic rings. The van der Waals surface area contributed by atoms with Crippen molar-refractivity contribution in [3.8, 4) is 0 Å². The van der Waals surface area contributed by atoms with E-state index in [1.165, 1.54) is 5.39 Å². The van der Waals surface area contributed by atoms with Crippen LogP contribution >= 0.6 is 0 Å². The van der Waals surface area contributed by atoms with Crippen LogP contribution in [-0.4, -0.2) is 25.1 Å². The second kappa shape index (κ2) is 4.75. The molecule has 3 nitrogen and oxygen atoms in total. The average molecular weight is 201 g/mol. The highest BCUT2D eigenvalue weighted by molar-refractivity contribution is 5.79. The molecule has 2 aromatic rings. The number of anilines is 1. The van der Waals surface area contributed by atoms with Gasteiger partial charge in [-0.25, -0.2) is 4.98 Å². The van der Waals surface area contributed by atoms with Crippen molar-refractivity contribution in [2.24, 2.45) is 0 Å². The second-order valence-corrected chi connectivity index (χ2v) is 3.42. The van der Waals surface area contributed by atoms with Gasteiger partial charge in [-0.05, 0) is 25.2 Å². The molecular formula is C12H15N3. The number of para-hydroxylation sites is 1. The molecule has 15 heavy (non-hydrogen) atoms. The minimum absolute atomic E-state index is 0.891. The lowest BCUT2D eigenvalue weighted by Gasteiger charge is -2.05. The Hall–Kier alpha value is -1.61. The topological polar surface area (TPSA) is 37.0 Å². The maximum atomic E-state index is 4.51. The van der Waals surface area contributed by atoms with Gasteiger partial charge in [0.2, 0.25) is 0 Å². The van der Waals surface area contributed by atoms with Crippen LogP contribution in [-0.2, 0) is 0 Å². The van der Waals surface area contributed by atoms with Crippen LogP contribution < -0.4 is 10.6 Å². The van der Waals surface area contributed by atoms with Gasteiger partial charge >= 0.3 is 0 Å². The number of hydrogen-bond donors (Lipinski definition) is 2. The first-order valence-corrected chi connectivity index (χ1v) is 5.14. The minimum Gasteiger partial charge on any atom is -0.369 e. The first kappa shape index (κ1) is 9.93. The van der Waals surface area contributed by atoms with Crippen LogP contribution in [0.25, 0.3) is 10.9 Å². The number of aromatic nitrogens is 1. The number of benzene rings is 1. The fourth-order valence-corrected chi connectivity index (χ4v) is 1.48. The Morgan fingerprint density at radius 3 is 2.80 bits per heavy atom. The van der Waals surface area contributed by atoms with Crippen molar-refractivity contribution < 1.29 is 0 Å². The van der Waals surface area contributed by atoms with Gasteiger partial charge in [0.1, 0.15) is 5.82 Å². The molecular weight excluding hydrogens is 186 g/mol. The summed E-state index contributed by atoms with van der Waals surface area (Å²) >= 11 is 0. The molecule has 2 rings (SSSR count). The summed E-state index contributed by atoms with van der Waals surface area (Å²) in [4.78, 5) is 4.51. The summed E-state index contributed by atoms with van der Waals surface area (Å²) in [5.74, 6) is 0.934. The molecule has 0 saturated carbocycles. The van der Waals surface area contributed by atoms with E-state index in [0.29, 0.717) is 0 Å². The molecule has 0 bridgehead atoms. The summed E-state index contributed by atoms with van der Waals surface area (Å²) in [5.41, 5.74) is 1.03. The molecule has 0 amide bonds.